The summed E-state index contributed by atoms with van der Waals surface area (Å²) in [5, 5.41) is 21.9. The lowest BCUT2D eigenvalue weighted by Crippen LogP contribution is -2.53. The molecule has 0 saturated carbocycles. The molecule has 3 rings (SSSR count). The summed E-state index contributed by atoms with van der Waals surface area (Å²) in [7, 11) is 0. The number of aliphatic carboxylic acids is 2. The number of hydrogen-bond donors (Lipinski definition) is 3. The zero-order valence-corrected chi connectivity index (χ0v) is 19.0. The molecule has 1 aliphatic heterocycles. The minimum Gasteiger partial charge on any atom is -0.481 e. The van der Waals surface area contributed by atoms with Crippen molar-refractivity contribution in [3.63, 3.8) is 0 Å². The Morgan fingerprint density at radius 1 is 1.12 bits per heavy atom. The largest absolute Gasteiger partial charge is 0.481 e. The maximum Gasteiger partial charge on any atom is 0.320 e. The summed E-state index contributed by atoms with van der Waals surface area (Å²) in [6, 6.07) is 8.35. The van der Waals surface area contributed by atoms with Crippen LogP contribution in [0.1, 0.15) is 56.9 Å². The van der Waals surface area contributed by atoms with Crippen molar-refractivity contribution in [2.24, 2.45) is 5.92 Å². The molecule has 7 nitrogen and oxygen atoms in total. The highest BCUT2D eigenvalue weighted by Crippen LogP contribution is 2.32. The van der Waals surface area contributed by atoms with Crippen molar-refractivity contribution in [3.05, 3.63) is 59.8 Å². The normalized spacial score (nSPS) is 21.5. The SMILES string of the molecule is O=C(O)CCCCN1C(=O)C(NC(CCc2ccccc2)C(=O)O)CCCC2CC=CC=C21. The van der Waals surface area contributed by atoms with Crippen molar-refractivity contribution in [2.45, 2.75) is 69.9 Å². The number of rotatable bonds is 11. The molecule has 1 saturated heterocycles. The summed E-state index contributed by atoms with van der Waals surface area (Å²) in [6.07, 6.45) is 11.5. The summed E-state index contributed by atoms with van der Waals surface area (Å²) >= 11 is 0. The predicted molar refractivity (Wildman–Crippen MR) is 125 cm³/mol. The molecule has 7 heteroatoms. The molecule has 178 valence electrons. The van der Waals surface area contributed by atoms with Gasteiger partial charge in [0.2, 0.25) is 5.91 Å². The van der Waals surface area contributed by atoms with E-state index in [1.165, 1.54) is 0 Å². The van der Waals surface area contributed by atoms with Crippen LogP contribution in [0, 0.1) is 5.92 Å². The van der Waals surface area contributed by atoms with E-state index in [0.29, 0.717) is 38.6 Å². The van der Waals surface area contributed by atoms with Gasteiger partial charge in [-0.05, 0) is 56.6 Å². The van der Waals surface area contributed by atoms with E-state index in [9.17, 15) is 19.5 Å². The molecule has 2 aliphatic rings. The predicted octanol–water partition coefficient (Wildman–Crippen LogP) is 3.76. The topological polar surface area (TPSA) is 107 Å². The Kier molecular flexibility index (Phi) is 9.24. The number of fused-ring (bicyclic) bond motifs is 1. The number of aryl methyl sites for hydroxylation is 1. The maximum atomic E-state index is 13.6. The highest BCUT2D eigenvalue weighted by molar-refractivity contribution is 5.85. The molecule has 0 radical (unpaired) electrons. The van der Waals surface area contributed by atoms with Gasteiger partial charge in [0.05, 0.1) is 6.04 Å². The van der Waals surface area contributed by atoms with Crippen LogP contribution in [0.2, 0.25) is 0 Å². The van der Waals surface area contributed by atoms with Gasteiger partial charge in [0.25, 0.3) is 0 Å². The van der Waals surface area contributed by atoms with Gasteiger partial charge < -0.3 is 15.1 Å². The van der Waals surface area contributed by atoms with Gasteiger partial charge in [0.15, 0.2) is 0 Å². The van der Waals surface area contributed by atoms with E-state index in [1.807, 2.05) is 42.5 Å². The molecule has 3 N–H and O–H groups in total. The molecule has 3 atom stereocenters. The van der Waals surface area contributed by atoms with Gasteiger partial charge in [0, 0.05) is 24.6 Å². The van der Waals surface area contributed by atoms with Crippen LogP contribution in [0.25, 0.3) is 0 Å². The lowest BCUT2D eigenvalue weighted by molar-refractivity contribution is -0.141. The third-order valence-corrected chi connectivity index (χ3v) is 6.45. The molecule has 1 heterocycles. The maximum absolute atomic E-state index is 13.6. The standard InChI is InChI=1S/C26H34N2O5/c29-24(30)15-6-7-18-28-23-14-5-4-11-20(23)12-8-13-21(25(28)31)27-22(26(32)33)17-16-19-9-2-1-3-10-19/h1-5,9-10,14,20-22,27H,6-8,11-13,15-18H2,(H,29,30)(H,32,33). The fraction of sp³-hybridized carbons (Fsp3) is 0.500. The second kappa shape index (κ2) is 12.3. The molecule has 0 aromatic heterocycles. The number of allylic oxidation sites excluding steroid dienone is 4. The molecule has 1 aromatic rings. The minimum absolute atomic E-state index is 0.0761. The average molecular weight is 455 g/mol. The minimum atomic E-state index is -0.952. The van der Waals surface area contributed by atoms with Crippen molar-refractivity contribution in [3.8, 4) is 0 Å². The van der Waals surface area contributed by atoms with Gasteiger partial charge in [-0.1, -0.05) is 48.9 Å². The van der Waals surface area contributed by atoms with Gasteiger partial charge in [-0.2, -0.15) is 0 Å². The molecule has 33 heavy (non-hydrogen) atoms. The van der Waals surface area contributed by atoms with Crippen molar-refractivity contribution >= 4 is 17.8 Å². The zero-order chi connectivity index (χ0) is 23.6. The fourth-order valence-electron chi connectivity index (χ4n) is 4.67. The Morgan fingerprint density at radius 3 is 2.64 bits per heavy atom. The molecule has 3 unspecified atom stereocenters. The number of nitrogens with zero attached hydrogens (tertiary/aromatic N) is 1. The number of nitrogens with one attached hydrogen (secondary N) is 1. The van der Waals surface area contributed by atoms with E-state index in [0.717, 1.165) is 30.5 Å². The lowest BCUT2D eigenvalue weighted by Gasteiger charge is -2.37. The second-order valence-electron chi connectivity index (χ2n) is 8.86. The molecule has 1 aliphatic carbocycles. The van der Waals surface area contributed by atoms with Crippen molar-refractivity contribution in [1.82, 2.24) is 10.2 Å². The average Bonchev–Trinajstić information content (AvgIpc) is 2.80. The van der Waals surface area contributed by atoms with Gasteiger partial charge in [-0.15, -0.1) is 0 Å². The molecule has 1 aromatic carbocycles. The first-order chi connectivity index (χ1) is 16.0. The number of carbonyl (C=O) groups is 3. The fourth-order valence-corrected chi connectivity index (χ4v) is 4.67. The Hall–Kier alpha value is -2.93. The second-order valence-corrected chi connectivity index (χ2v) is 8.86. The quantitative estimate of drug-likeness (QED) is 0.440. The van der Waals surface area contributed by atoms with Gasteiger partial charge in [-0.3, -0.25) is 19.7 Å². The first-order valence-corrected chi connectivity index (χ1v) is 11.9. The van der Waals surface area contributed by atoms with Crippen LogP contribution >= 0.6 is 0 Å². The van der Waals surface area contributed by atoms with Gasteiger partial charge in [-0.25, -0.2) is 0 Å². The Balaban J connectivity index is 1.71. The van der Waals surface area contributed by atoms with Crippen LogP contribution in [-0.2, 0) is 20.8 Å². The molecular formula is C26H34N2O5. The molecule has 0 spiro atoms. The summed E-state index contributed by atoms with van der Waals surface area (Å²) in [5.74, 6) is -1.63. The monoisotopic (exact) mass is 454 g/mol. The van der Waals surface area contributed by atoms with E-state index >= 15 is 0 Å². The van der Waals surface area contributed by atoms with Crippen molar-refractivity contribution < 1.29 is 24.6 Å². The van der Waals surface area contributed by atoms with Gasteiger partial charge >= 0.3 is 11.9 Å². The third kappa shape index (κ3) is 7.29. The van der Waals surface area contributed by atoms with Crippen molar-refractivity contribution in [2.75, 3.05) is 6.54 Å². The highest BCUT2D eigenvalue weighted by atomic mass is 16.4. The Bertz CT molecular complexity index is 880. The number of unbranched alkanes of at least 4 members (excludes halogenated alkanes) is 1. The zero-order valence-electron chi connectivity index (χ0n) is 19.0. The van der Waals surface area contributed by atoms with Crippen LogP contribution in [0.15, 0.2) is 54.3 Å². The summed E-state index contributed by atoms with van der Waals surface area (Å²) in [6.45, 7) is 0.447. The van der Waals surface area contributed by atoms with E-state index in [2.05, 4.69) is 11.4 Å². The van der Waals surface area contributed by atoms with Gasteiger partial charge in [0.1, 0.15) is 6.04 Å². The van der Waals surface area contributed by atoms with Crippen LogP contribution in [0.4, 0.5) is 0 Å². The molecule has 1 amide bonds. The number of likely N-dealkylation sites (tertiary alicyclic amines) is 1. The summed E-state index contributed by atoms with van der Waals surface area (Å²) < 4.78 is 0. The number of amides is 1. The number of carboxylic acid groups (broad SMARTS) is 2. The molecule has 1 fully saturated rings. The number of benzene rings is 1. The van der Waals surface area contributed by atoms with Crippen LogP contribution in [0.3, 0.4) is 0 Å². The first-order valence-electron chi connectivity index (χ1n) is 11.9. The summed E-state index contributed by atoms with van der Waals surface area (Å²) in [4.78, 5) is 38.2. The van der Waals surface area contributed by atoms with E-state index in [-0.39, 0.29) is 18.2 Å². The molecule has 0 bridgehead atoms. The highest BCUT2D eigenvalue weighted by Gasteiger charge is 2.34. The molecular weight excluding hydrogens is 420 g/mol. The number of carboxylic acids is 2. The van der Waals surface area contributed by atoms with E-state index in [4.69, 9.17) is 5.11 Å². The smallest absolute Gasteiger partial charge is 0.320 e. The van der Waals surface area contributed by atoms with Crippen LogP contribution < -0.4 is 5.32 Å². The third-order valence-electron chi connectivity index (χ3n) is 6.45. The van der Waals surface area contributed by atoms with Crippen molar-refractivity contribution in [1.29, 1.82) is 0 Å². The van der Waals surface area contributed by atoms with Crippen LogP contribution in [-0.4, -0.2) is 51.6 Å². The number of carbonyl (C=O) groups excluding carboxylic acids is 1. The van der Waals surface area contributed by atoms with Crippen LogP contribution in [0.5, 0.6) is 0 Å². The number of hydrogen-bond acceptors (Lipinski definition) is 4. The van der Waals surface area contributed by atoms with E-state index in [1.54, 1.807) is 4.90 Å². The lowest BCUT2D eigenvalue weighted by atomic mass is 9.87. The Morgan fingerprint density at radius 2 is 1.91 bits per heavy atom. The Labute approximate surface area is 195 Å². The summed E-state index contributed by atoms with van der Waals surface area (Å²) in [5.41, 5.74) is 2.04. The first kappa shape index (κ1) is 24.7. The van der Waals surface area contributed by atoms with E-state index < -0.39 is 24.0 Å².